The van der Waals surface area contributed by atoms with Gasteiger partial charge in [-0.2, -0.15) is 0 Å². The lowest BCUT2D eigenvalue weighted by molar-refractivity contribution is 0.0994. The number of benzene rings is 2. The molecule has 1 aliphatic rings. The van der Waals surface area contributed by atoms with E-state index in [-0.39, 0.29) is 17.3 Å². The Morgan fingerprint density at radius 1 is 1.00 bits per heavy atom. The van der Waals surface area contributed by atoms with Gasteiger partial charge in [-0.15, -0.1) is 0 Å². The van der Waals surface area contributed by atoms with Crippen LogP contribution in [0.25, 0.3) is 0 Å². The van der Waals surface area contributed by atoms with Crippen molar-refractivity contribution in [3.8, 4) is 11.5 Å². The van der Waals surface area contributed by atoms with E-state index in [1.165, 1.54) is 24.8 Å². The van der Waals surface area contributed by atoms with Gasteiger partial charge in [0.2, 0.25) is 0 Å². The van der Waals surface area contributed by atoms with Crippen molar-refractivity contribution in [1.29, 1.82) is 0 Å². The number of unbranched alkanes of at least 4 members (excludes halogenated alkanes) is 3. The number of ketones is 1. The molecule has 0 aliphatic heterocycles. The lowest BCUT2D eigenvalue weighted by atomic mass is 10.1. The van der Waals surface area contributed by atoms with Gasteiger partial charge in [0.25, 0.3) is 0 Å². The Kier molecular flexibility index (Phi) is 6.35. The summed E-state index contributed by atoms with van der Waals surface area (Å²) in [6.07, 6.45) is 6.67. The minimum absolute atomic E-state index is 0.0265. The van der Waals surface area contributed by atoms with Crippen molar-refractivity contribution in [1.82, 2.24) is 0 Å². The quantitative estimate of drug-likeness (QED) is 0.454. The number of phosphoric ester groups is 1. The van der Waals surface area contributed by atoms with Crippen LogP contribution in [0.1, 0.15) is 60.5 Å². The lowest BCUT2D eigenvalue weighted by Gasteiger charge is -2.16. The zero-order valence-electron chi connectivity index (χ0n) is 15.5. The topological polar surface area (TPSA) is 72.8 Å². The van der Waals surface area contributed by atoms with Crippen molar-refractivity contribution in [2.45, 2.75) is 51.9 Å². The number of hydrogen-bond donors (Lipinski definition) is 1. The van der Waals surface area contributed by atoms with Crippen LogP contribution in [0.5, 0.6) is 11.5 Å². The van der Waals surface area contributed by atoms with E-state index in [2.05, 4.69) is 6.92 Å². The predicted molar refractivity (Wildman–Crippen MR) is 104 cm³/mol. The zero-order chi connectivity index (χ0) is 19.3. The molecule has 0 amide bonds. The van der Waals surface area contributed by atoms with Crippen LogP contribution in [0.4, 0.5) is 0 Å². The Labute approximate surface area is 159 Å². The molecule has 2 aromatic rings. The zero-order valence-corrected chi connectivity index (χ0v) is 16.4. The van der Waals surface area contributed by atoms with Crippen LogP contribution in [0.2, 0.25) is 0 Å². The SMILES string of the molecule is CCCCCCc1ccc(OP(=O)(O)Oc2cccc3c2CCC3=O)cc1. The second kappa shape index (κ2) is 8.73. The summed E-state index contributed by atoms with van der Waals surface area (Å²) in [7, 11) is -4.34. The van der Waals surface area contributed by atoms with Gasteiger partial charge in [-0.1, -0.05) is 50.5 Å². The molecule has 1 N–H and O–H groups in total. The molecule has 1 unspecified atom stereocenters. The highest BCUT2D eigenvalue weighted by Crippen LogP contribution is 2.46. The van der Waals surface area contributed by atoms with Crippen LogP contribution < -0.4 is 9.05 Å². The summed E-state index contributed by atoms with van der Waals surface area (Å²) in [5.74, 6) is 0.539. The third kappa shape index (κ3) is 5.21. The number of phosphoric acid groups is 1. The fraction of sp³-hybridized carbons (Fsp3) is 0.381. The molecule has 0 heterocycles. The van der Waals surface area contributed by atoms with Crippen LogP contribution in [0, 0.1) is 0 Å². The second-order valence-electron chi connectivity index (χ2n) is 6.81. The summed E-state index contributed by atoms with van der Waals surface area (Å²) in [5.41, 5.74) is 2.40. The van der Waals surface area contributed by atoms with E-state index in [1.54, 1.807) is 30.3 Å². The van der Waals surface area contributed by atoms with Gasteiger partial charge in [-0.25, -0.2) is 4.57 Å². The van der Waals surface area contributed by atoms with Gasteiger partial charge in [0.15, 0.2) is 5.78 Å². The molecule has 0 aromatic heterocycles. The highest BCUT2D eigenvalue weighted by atomic mass is 31.2. The molecule has 5 nitrogen and oxygen atoms in total. The maximum Gasteiger partial charge on any atom is 0.584 e. The van der Waals surface area contributed by atoms with Gasteiger partial charge in [-0.05, 0) is 43.0 Å². The second-order valence-corrected chi connectivity index (χ2v) is 8.11. The smallest absolute Gasteiger partial charge is 0.395 e. The Morgan fingerprint density at radius 2 is 1.78 bits per heavy atom. The average molecular weight is 388 g/mol. The summed E-state index contributed by atoms with van der Waals surface area (Å²) in [6, 6.07) is 12.1. The van der Waals surface area contributed by atoms with Gasteiger partial charge >= 0.3 is 7.82 Å². The van der Waals surface area contributed by atoms with E-state index in [4.69, 9.17) is 9.05 Å². The van der Waals surface area contributed by atoms with Crippen LogP contribution in [-0.4, -0.2) is 10.7 Å². The first-order chi connectivity index (χ1) is 13.0. The molecule has 1 atom stereocenters. The van der Waals surface area contributed by atoms with Gasteiger partial charge in [0.1, 0.15) is 11.5 Å². The van der Waals surface area contributed by atoms with Crippen LogP contribution >= 0.6 is 7.82 Å². The predicted octanol–water partition coefficient (Wildman–Crippen LogP) is 5.50. The molecule has 27 heavy (non-hydrogen) atoms. The molecule has 2 aromatic carbocycles. The molecule has 0 saturated heterocycles. The first kappa shape index (κ1) is 19.7. The molecule has 6 heteroatoms. The molecule has 1 aliphatic carbocycles. The van der Waals surface area contributed by atoms with Crippen molar-refractivity contribution in [3.63, 3.8) is 0 Å². The van der Waals surface area contributed by atoms with Gasteiger partial charge in [-0.3, -0.25) is 9.69 Å². The lowest BCUT2D eigenvalue weighted by Crippen LogP contribution is -2.02. The van der Waals surface area contributed by atoms with Crippen LogP contribution in [0.15, 0.2) is 42.5 Å². The fourth-order valence-electron chi connectivity index (χ4n) is 3.29. The molecular formula is C21H25O5P. The number of fused-ring (bicyclic) bond motifs is 1. The molecule has 0 bridgehead atoms. The van der Waals surface area contributed by atoms with Crippen LogP contribution in [-0.2, 0) is 17.4 Å². The van der Waals surface area contributed by atoms with E-state index in [9.17, 15) is 14.3 Å². The van der Waals surface area contributed by atoms with Crippen LogP contribution in [0.3, 0.4) is 0 Å². The highest BCUT2D eigenvalue weighted by Gasteiger charge is 2.29. The summed E-state index contributed by atoms with van der Waals surface area (Å²) in [6.45, 7) is 2.18. The highest BCUT2D eigenvalue weighted by molar-refractivity contribution is 7.48. The van der Waals surface area contributed by atoms with Crippen molar-refractivity contribution in [2.24, 2.45) is 0 Å². The molecule has 144 valence electrons. The summed E-state index contributed by atoms with van der Waals surface area (Å²) >= 11 is 0. The number of Topliss-reactive ketones (excluding diaryl/α,β-unsaturated/α-hetero) is 1. The minimum atomic E-state index is -4.34. The largest absolute Gasteiger partial charge is 0.584 e. The molecule has 0 saturated carbocycles. The van der Waals surface area contributed by atoms with E-state index < -0.39 is 7.82 Å². The number of carbonyl (C=O) groups is 1. The molecule has 0 radical (unpaired) electrons. The van der Waals surface area contributed by atoms with Gasteiger partial charge in [0.05, 0.1) is 0 Å². The Bertz CT molecular complexity index is 844. The fourth-order valence-corrected chi connectivity index (χ4v) is 4.14. The van der Waals surface area contributed by atoms with Crippen molar-refractivity contribution < 1.29 is 23.3 Å². The first-order valence-electron chi connectivity index (χ1n) is 9.44. The molecular weight excluding hydrogens is 363 g/mol. The summed E-state index contributed by atoms with van der Waals surface area (Å²) in [5, 5.41) is 0. The Morgan fingerprint density at radius 3 is 2.52 bits per heavy atom. The summed E-state index contributed by atoms with van der Waals surface area (Å²) < 4.78 is 22.8. The van der Waals surface area contributed by atoms with Gasteiger partial charge in [0, 0.05) is 17.5 Å². The maximum atomic E-state index is 12.4. The molecule has 3 rings (SSSR count). The average Bonchev–Trinajstić information content (AvgIpc) is 3.02. The Balaban J connectivity index is 1.62. The van der Waals surface area contributed by atoms with Crippen molar-refractivity contribution in [3.05, 3.63) is 59.2 Å². The number of hydrogen-bond acceptors (Lipinski definition) is 4. The first-order valence-corrected chi connectivity index (χ1v) is 10.9. The third-order valence-electron chi connectivity index (χ3n) is 4.71. The number of carbonyl (C=O) groups excluding carboxylic acids is 1. The van der Waals surface area contributed by atoms with E-state index in [0.29, 0.717) is 24.0 Å². The monoisotopic (exact) mass is 388 g/mol. The van der Waals surface area contributed by atoms with E-state index in [0.717, 1.165) is 12.8 Å². The van der Waals surface area contributed by atoms with E-state index in [1.807, 2.05) is 12.1 Å². The van der Waals surface area contributed by atoms with Crippen molar-refractivity contribution >= 4 is 13.6 Å². The van der Waals surface area contributed by atoms with Crippen molar-refractivity contribution in [2.75, 3.05) is 0 Å². The maximum absolute atomic E-state index is 12.4. The minimum Gasteiger partial charge on any atom is -0.395 e. The number of aryl methyl sites for hydroxylation is 1. The third-order valence-corrected chi connectivity index (χ3v) is 5.58. The molecule has 0 fully saturated rings. The van der Waals surface area contributed by atoms with E-state index >= 15 is 0 Å². The summed E-state index contributed by atoms with van der Waals surface area (Å²) in [4.78, 5) is 21.9. The standard InChI is InChI=1S/C21H25O5P/c1-2-3-4-5-7-16-10-12-17(13-11-16)25-27(23,24)26-21-9-6-8-18-19(21)14-15-20(18)22/h6,8-13H,2-5,7,14-15H2,1H3,(H,23,24). The molecule has 0 spiro atoms. The van der Waals surface area contributed by atoms with Gasteiger partial charge < -0.3 is 9.05 Å². The normalized spacial score (nSPS) is 15.3. The number of rotatable bonds is 9. The Hall–Kier alpha value is -2.10.